The SMILES string of the molecule is O=C(Nc1cccc(-c2nnc3n2CCCCC3)c1)C1CCN(C(=O)/C=C/c2ccccc2)CC1. The molecule has 7 nitrogen and oxygen atoms in total. The zero-order chi connectivity index (χ0) is 24.0. The van der Waals surface area contributed by atoms with Crippen LogP contribution in [-0.4, -0.2) is 44.6 Å². The lowest BCUT2D eigenvalue weighted by Gasteiger charge is -2.30. The van der Waals surface area contributed by atoms with E-state index in [0.29, 0.717) is 25.9 Å². The lowest BCUT2D eigenvalue weighted by Crippen LogP contribution is -2.40. The Balaban J connectivity index is 1.17. The van der Waals surface area contributed by atoms with Crippen LogP contribution in [0, 0.1) is 5.92 Å². The van der Waals surface area contributed by atoms with Crippen LogP contribution in [0.1, 0.15) is 43.5 Å². The summed E-state index contributed by atoms with van der Waals surface area (Å²) in [5, 5.41) is 11.9. The number of hydrogen-bond acceptors (Lipinski definition) is 4. The van der Waals surface area contributed by atoms with Crippen LogP contribution in [0.2, 0.25) is 0 Å². The van der Waals surface area contributed by atoms with E-state index < -0.39 is 0 Å². The molecule has 0 bridgehead atoms. The minimum atomic E-state index is -0.106. The predicted molar refractivity (Wildman–Crippen MR) is 136 cm³/mol. The van der Waals surface area contributed by atoms with Gasteiger partial charge in [0.25, 0.3) is 0 Å². The van der Waals surface area contributed by atoms with E-state index in [1.54, 1.807) is 6.08 Å². The molecule has 1 N–H and O–H groups in total. The first-order valence-electron chi connectivity index (χ1n) is 12.5. The number of amides is 2. The molecule has 1 fully saturated rings. The van der Waals surface area contributed by atoms with Crippen molar-refractivity contribution in [1.29, 1.82) is 0 Å². The van der Waals surface area contributed by atoms with Crippen molar-refractivity contribution >= 4 is 23.6 Å². The maximum atomic E-state index is 13.0. The van der Waals surface area contributed by atoms with Gasteiger partial charge in [0, 0.05) is 49.3 Å². The summed E-state index contributed by atoms with van der Waals surface area (Å²) in [5.41, 5.74) is 2.73. The first-order valence-corrected chi connectivity index (χ1v) is 12.5. The summed E-state index contributed by atoms with van der Waals surface area (Å²) in [6.07, 6.45) is 9.25. The minimum absolute atomic E-state index is 0.00662. The number of anilines is 1. The molecule has 180 valence electrons. The fourth-order valence-corrected chi connectivity index (χ4v) is 4.88. The van der Waals surface area contributed by atoms with Gasteiger partial charge in [0.05, 0.1) is 0 Å². The molecule has 0 aliphatic carbocycles. The number of aryl methyl sites for hydroxylation is 1. The number of benzene rings is 2. The number of nitrogens with one attached hydrogen (secondary N) is 1. The van der Waals surface area contributed by atoms with Gasteiger partial charge in [0.1, 0.15) is 5.82 Å². The van der Waals surface area contributed by atoms with Crippen LogP contribution in [0.4, 0.5) is 5.69 Å². The second-order valence-corrected chi connectivity index (χ2v) is 9.32. The molecule has 2 aromatic carbocycles. The second kappa shape index (κ2) is 10.7. The van der Waals surface area contributed by atoms with Gasteiger partial charge in [-0.05, 0) is 49.5 Å². The molecular weight excluding hydrogens is 438 g/mol. The van der Waals surface area contributed by atoms with Gasteiger partial charge in [0.2, 0.25) is 11.8 Å². The van der Waals surface area contributed by atoms with E-state index in [-0.39, 0.29) is 17.7 Å². The van der Waals surface area contributed by atoms with Crippen LogP contribution in [0.3, 0.4) is 0 Å². The Morgan fingerprint density at radius 2 is 1.74 bits per heavy atom. The fraction of sp³-hybridized carbons (Fsp3) is 0.357. The van der Waals surface area contributed by atoms with Gasteiger partial charge >= 0.3 is 0 Å². The predicted octanol–water partition coefficient (Wildman–Crippen LogP) is 4.56. The molecule has 7 heteroatoms. The largest absolute Gasteiger partial charge is 0.339 e. The number of piperidine rings is 1. The third-order valence-electron chi connectivity index (χ3n) is 6.89. The highest BCUT2D eigenvalue weighted by molar-refractivity contribution is 5.94. The summed E-state index contributed by atoms with van der Waals surface area (Å²) in [4.78, 5) is 27.3. The van der Waals surface area contributed by atoms with Crippen molar-refractivity contribution in [2.24, 2.45) is 5.92 Å². The van der Waals surface area contributed by atoms with Gasteiger partial charge in [0.15, 0.2) is 5.82 Å². The average molecular weight is 470 g/mol. The standard InChI is InChI=1S/C28H31N5O2/c34-26(14-13-21-8-3-1-4-9-21)32-18-15-22(16-19-32)28(35)29-24-11-7-10-23(20-24)27-31-30-25-12-5-2-6-17-33(25)27/h1,3-4,7-11,13-14,20,22H,2,5-6,12,15-19H2,(H,29,35)/b14-13+. The third kappa shape index (κ3) is 5.50. The molecule has 1 aromatic heterocycles. The van der Waals surface area contributed by atoms with Crippen molar-refractivity contribution in [3.8, 4) is 11.4 Å². The van der Waals surface area contributed by atoms with Crippen LogP contribution in [0.5, 0.6) is 0 Å². The Hall–Kier alpha value is -3.74. The molecular formula is C28H31N5O2. The van der Waals surface area contributed by atoms with Gasteiger partial charge in [-0.2, -0.15) is 0 Å². The van der Waals surface area contributed by atoms with Crippen LogP contribution >= 0.6 is 0 Å². The van der Waals surface area contributed by atoms with Crippen LogP contribution in [0.25, 0.3) is 17.5 Å². The van der Waals surface area contributed by atoms with Crippen LogP contribution in [-0.2, 0) is 22.6 Å². The normalized spacial score (nSPS) is 16.6. The molecule has 2 aliphatic rings. The van der Waals surface area contributed by atoms with Gasteiger partial charge < -0.3 is 14.8 Å². The van der Waals surface area contributed by atoms with E-state index in [2.05, 4.69) is 20.1 Å². The van der Waals surface area contributed by atoms with Crippen molar-refractivity contribution in [2.45, 2.75) is 45.1 Å². The third-order valence-corrected chi connectivity index (χ3v) is 6.89. The first kappa shape index (κ1) is 23.0. The highest BCUT2D eigenvalue weighted by atomic mass is 16.2. The molecule has 2 amide bonds. The Morgan fingerprint density at radius 3 is 2.57 bits per heavy atom. The quantitative estimate of drug-likeness (QED) is 0.556. The molecule has 1 saturated heterocycles. The molecule has 0 unspecified atom stereocenters. The molecule has 0 atom stereocenters. The maximum Gasteiger partial charge on any atom is 0.246 e. The van der Waals surface area contributed by atoms with Gasteiger partial charge in [-0.25, -0.2) is 0 Å². The Morgan fingerprint density at radius 1 is 0.914 bits per heavy atom. The number of rotatable bonds is 5. The molecule has 3 heterocycles. The summed E-state index contributed by atoms with van der Waals surface area (Å²) >= 11 is 0. The summed E-state index contributed by atoms with van der Waals surface area (Å²) in [7, 11) is 0. The van der Waals surface area contributed by atoms with E-state index in [0.717, 1.165) is 54.3 Å². The molecule has 0 spiro atoms. The van der Waals surface area contributed by atoms with Crippen LogP contribution < -0.4 is 5.32 Å². The van der Waals surface area contributed by atoms with E-state index in [4.69, 9.17) is 0 Å². The zero-order valence-electron chi connectivity index (χ0n) is 19.9. The van der Waals surface area contributed by atoms with Crippen LogP contribution in [0.15, 0.2) is 60.7 Å². The molecule has 2 aliphatic heterocycles. The molecule has 3 aromatic rings. The zero-order valence-corrected chi connectivity index (χ0v) is 19.9. The number of carbonyl (C=O) groups excluding carboxylic acids is 2. The highest BCUT2D eigenvalue weighted by Gasteiger charge is 2.27. The Bertz CT molecular complexity index is 1210. The smallest absolute Gasteiger partial charge is 0.246 e. The van der Waals surface area contributed by atoms with Crippen molar-refractivity contribution in [2.75, 3.05) is 18.4 Å². The number of hydrogen-bond donors (Lipinski definition) is 1. The summed E-state index contributed by atoms with van der Waals surface area (Å²) in [6, 6.07) is 17.6. The monoisotopic (exact) mass is 469 g/mol. The lowest BCUT2D eigenvalue weighted by atomic mass is 9.95. The van der Waals surface area contributed by atoms with Crippen molar-refractivity contribution in [3.63, 3.8) is 0 Å². The van der Waals surface area contributed by atoms with Gasteiger partial charge in [-0.3, -0.25) is 9.59 Å². The number of fused-ring (bicyclic) bond motifs is 1. The Labute approximate surface area is 205 Å². The van der Waals surface area contributed by atoms with E-state index in [1.165, 1.54) is 6.42 Å². The van der Waals surface area contributed by atoms with Crippen molar-refractivity contribution in [3.05, 3.63) is 72.1 Å². The van der Waals surface area contributed by atoms with Gasteiger partial charge in [-0.15, -0.1) is 10.2 Å². The maximum absolute atomic E-state index is 13.0. The summed E-state index contributed by atoms with van der Waals surface area (Å²) in [6.45, 7) is 2.11. The highest BCUT2D eigenvalue weighted by Crippen LogP contribution is 2.26. The van der Waals surface area contributed by atoms with Crippen molar-refractivity contribution in [1.82, 2.24) is 19.7 Å². The average Bonchev–Trinajstić information content (AvgIpc) is 3.16. The number of likely N-dealkylation sites (tertiary alicyclic amines) is 1. The Kier molecular flexibility index (Phi) is 7.02. The summed E-state index contributed by atoms with van der Waals surface area (Å²) < 4.78 is 2.22. The lowest BCUT2D eigenvalue weighted by molar-refractivity contribution is -0.130. The fourth-order valence-electron chi connectivity index (χ4n) is 4.88. The van der Waals surface area contributed by atoms with E-state index >= 15 is 0 Å². The number of nitrogens with zero attached hydrogens (tertiary/aromatic N) is 4. The molecule has 0 radical (unpaired) electrons. The van der Waals surface area contributed by atoms with E-state index in [9.17, 15) is 9.59 Å². The van der Waals surface area contributed by atoms with Crippen molar-refractivity contribution < 1.29 is 9.59 Å². The van der Waals surface area contributed by atoms with Gasteiger partial charge in [-0.1, -0.05) is 48.9 Å². The summed E-state index contributed by atoms with van der Waals surface area (Å²) in [5.74, 6) is 1.81. The van der Waals surface area contributed by atoms with E-state index in [1.807, 2.05) is 65.6 Å². The molecule has 0 saturated carbocycles. The minimum Gasteiger partial charge on any atom is -0.339 e. The first-order chi connectivity index (χ1) is 17.2. The topological polar surface area (TPSA) is 80.1 Å². The number of carbonyl (C=O) groups is 2. The molecule has 35 heavy (non-hydrogen) atoms. The number of aromatic nitrogens is 3. The molecule has 5 rings (SSSR count). The second-order valence-electron chi connectivity index (χ2n) is 9.32.